The molecular formula is C26H21N3O5. The summed E-state index contributed by atoms with van der Waals surface area (Å²) in [5.41, 5.74) is -0.359. The van der Waals surface area contributed by atoms with Gasteiger partial charge in [-0.3, -0.25) is 4.79 Å². The molecule has 3 atom stereocenters. The highest BCUT2D eigenvalue weighted by Gasteiger charge is 2.61. The van der Waals surface area contributed by atoms with Crippen LogP contribution in [0.5, 0.6) is 0 Å². The summed E-state index contributed by atoms with van der Waals surface area (Å²) in [7, 11) is 2.21. The first-order valence-corrected chi connectivity index (χ1v) is 10.3. The molecule has 8 nitrogen and oxygen atoms in total. The highest BCUT2D eigenvalue weighted by Crippen LogP contribution is 2.58. The first kappa shape index (κ1) is 24.0. The number of methoxy groups -OCH3 is 2. The zero-order valence-corrected chi connectivity index (χ0v) is 18.8. The standard InChI is InChI=1S/C26H21N3O5/c1-15-4-8-17(9-5-15)21-19(24(31)33-2)23(30)20(25(32)34-3)22(26(21,13-28)14-29)18-10-6-16(12-27)7-11-18/h4-11,20-22,30H,1-3H3/t20-,21+,22+/m0/s1. The number of aryl methyl sites for hydroxylation is 1. The monoisotopic (exact) mass is 455 g/mol. The van der Waals surface area contributed by atoms with Gasteiger partial charge in [-0.1, -0.05) is 42.0 Å². The average Bonchev–Trinajstić information content (AvgIpc) is 2.87. The van der Waals surface area contributed by atoms with E-state index in [1.807, 2.05) is 13.0 Å². The second-order valence-electron chi connectivity index (χ2n) is 7.94. The van der Waals surface area contributed by atoms with Gasteiger partial charge in [0.1, 0.15) is 11.7 Å². The van der Waals surface area contributed by atoms with E-state index in [2.05, 4.69) is 12.1 Å². The normalized spacial score (nSPS) is 20.9. The summed E-state index contributed by atoms with van der Waals surface area (Å²) < 4.78 is 9.79. The van der Waals surface area contributed by atoms with Gasteiger partial charge in [-0.15, -0.1) is 0 Å². The van der Waals surface area contributed by atoms with Crippen molar-refractivity contribution < 1.29 is 24.2 Å². The van der Waals surface area contributed by atoms with Crippen LogP contribution in [-0.4, -0.2) is 31.3 Å². The number of hydrogen-bond donors (Lipinski definition) is 1. The number of nitriles is 3. The molecule has 3 rings (SSSR count). The number of carbonyl (C=O) groups excluding carboxylic acids is 2. The SMILES string of the molecule is COC(=O)C1=C(O)[C@@H](C(=O)OC)[C@@H](c2ccc(C#N)cc2)C(C#N)(C#N)[C@@H]1c1ccc(C)cc1. The minimum Gasteiger partial charge on any atom is -0.511 e. The van der Waals surface area contributed by atoms with E-state index in [0.29, 0.717) is 16.7 Å². The Kier molecular flexibility index (Phi) is 6.71. The number of rotatable bonds is 4. The minimum atomic E-state index is -2.02. The first-order chi connectivity index (χ1) is 16.3. The van der Waals surface area contributed by atoms with Gasteiger partial charge in [0.25, 0.3) is 0 Å². The molecule has 0 aromatic heterocycles. The molecule has 0 heterocycles. The highest BCUT2D eigenvalue weighted by atomic mass is 16.5. The third-order valence-electron chi connectivity index (χ3n) is 6.18. The fraction of sp³-hybridized carbons (Fsp3) is 0.269. The topological polar surface area (TPSA) is 144 Å². The van der Waals surface area contributed by atoms with E-state index >= 15 is 0 Å². The third-order valence-corrected chi connectivity index (χ3v) is 6.18. The quantitative estimate of drug-likeness (QED) is 0.689. The maximum absolute atomic E-state index is 12.9. The van der Waals surface area contributed by atoms with Crippen LogP contribution in [0.1, 0.15) is 34.1 Å². The Bertz CT molecular complexity index is 1260. The number of carbonyl (C=O) groups is 2. The summed E-state index contributed by atoms with van der Waals surface area (Å²) in [6.45, 7) is 1.86. The third kappa shape index (κ3) is 3.74. The Morgan fingerprint density at radius 3 is 1.94 bits per heavy atom. The molecule has 0 spiro atoms. The van der Waals surface area contributed by atoms with Crippen LogP contribution < -0.4 is 0 Å². The van der Waals surface area contributed by atoms with Gasteiger partial charge < -0.3 is 14.6 Å². The Morgan fingerprint density at radius 2 is 1.47 bits per heavy atom. The zero-order valence-electron chi connectivity index (χ0n) is 18.8. The van der Waals surface area contributed by atoms with Crippen molar-refractivity contribution in [1.82, 2.24) is 0 Å². The number of aliphatic hydroxyl groups excluding tert-OH is 1. The summed E-state index contributed by atoms with van der Waals surface area (Å²) in [4.78, 5) is 25.8. The van der Waals surface area contributed by atoms with Gasteiger partial charge in [-0.2, -0.15) is 15.8 Å². The van der Waals surface area contributed by atoms with E-state index in [4.69, 9.17) is 14.7 Å². The van der Waals surface area contributed by atoms with E-state index in [9.17, 15) is 25.2 Å². The fourth-order valence-electron chi connectivity index (χ4n) is 4.55. The molecule has 2 aromatic rings. The summed E-state index contributed by atoms with van der Waals surface area (Å²) in [5, 5.41) is 41.4. The smallest absolute Gasteiger partial charge is 0.337 e. The summed E-state index contributed by atoms with van der Waals surface area (Å²) in [6.07, 6.45) is 0. The Morgan fingerprint density at radius 1 is 0.912 bits per heavy atom. The predicted octanol–water partition coefficient (Wildman–Crippen LogP) is 3.56. The molecule has 8 heteroatoms. The molecule has 1 aliphatic carbocycles. The van der Waals surface area contributed by atoms with Crippen molar-refractivity contribution in [3.05, 3.63) is 82.1 Å². The van der Waals surface area contributed by atoms with Crippen LogP contribution >= 0.6 is 0 Å². The lowest BCUT2D eigenvalue weighted by Crippen LogP contribution is -2.47. The number of nitrogens with zero attached hydrogens (tertiary/aromatic N) is 3. The lowest BCUT2D eigenvalue weighted by atomic mass is 9.54. The molecule has 0 radical (unpaired) electrons. The van der Waals surface area contributed by atoms with E-state index in [1.165, 1.54) is 24.3 Å². The molecule has 0 unspecified atom stereocenters. The van der Waals surface area contributed by atoms with E-state index < -0.39 is 40.9 Å². The summed E-state index contributed by atoms with van der Waals surface area (Å²) in [6, 6.07) is 18.9. The highest BCUT2D eigenvalue weighted by molar-refractivity contribution is 5.94. The maximum atomic E-state index is 12.9. The van der Waals surface area contributed by atoms with Gasteiger partial charge in [0.15, 0.2) is 5.41 Å². The van der Waals surface area contributed by atoms with Crippen LogP contribution in [0.4, 0.5) is 0 Å². The van der Waals surface area contributed by atoms with E-state index in [-0.39, 0.29) is 5.57 Å². The molecule has 1 aliphatic rings. The first-order valence-electron chi connectivity index (χ1n) is 10.3. The van der Waals surface area contributed by atoms with Crippen molar-refractivity contribution in [2.24, 2.45) is 11.3 Å². The van der Waals surface area contributed by atoms with Gasteiger partial charge in [-0.25, -0.2) is 4.79 Å². The van der Waals surface area contributed by atoms with Crippen molar-refractivity contribution in [2.75, 3.05) is 14.2 Å². The molecule has 34 heavy (non-hydrogen) atoms. The second-order valence-corrected chi connectivity index (χ2v) is 7.94. The molecule has 0 bridgehead atoms. The van der Waals surface area contributed by atoms with Crippen molar-refractivity contribution in [1.29, 1.82) is 15.8 Å². The molecule has 0 fully saturated rings. The summed E-state index contributed by atoms with van der Waals surface area (Å²) in [5.74, 6) is -6.51. The second kappa shape index (κ2) is 9.48. The molecule has 0 aliphatic heterocycles. The Hall–Kier alpha value is -4.61. The van der Waals surface area contributed by atoms with Crippen molar-refractivity contribution in [3.8, 4) is 18.2 Å². The molecule has 170 valence electrons. The van der Waals surface area contributed by atoms with Crippen LogP contribution in [0.3, 0.4) is 0 Å². The van der Waals surface area contributed by atoms with Gasteiger partial charge >= 0.3 is 11.9 Å². The van der Waals surface area contributed by atoms with Crippen LogP contribution in [0.2, 0.25) is 0 Å². The average molecular weight is 455 g/mol. The molecule has 0 saturated heterocycles. The Balaban J connectivity index is 2.46. The maximum Gasteiger partial charge on any atom is 0.337 e. The van der Waals surface area contributed by atoms with Crippen LogP contribution in [0.15, 0.2) is 59.9 Å². The largest absolute Gasteiger partial charge is 0.511 e. The van der Waals surface area contributed by atoms with Crippen LogP contribution in [-0.2, 0) is 19.1 Å². The lowest BCUT2D eigenvalue weighted by Gasteiger charge is -2.44. The number of esters is 2. The molecule has 0 amide bonds. The van der Waals surface area contributed by atoms with Gasteiger partial charge in [0.2, 0.25) is 0 Å². The number of aliphatic hydroxyl groups is 1. The molecular weight excluding hydrogens is 434 g/mol. The summed E-state index contributed by atoms with van der Waals surface area (Å²) >= 11 is 0. The number of benzene rings is 2. The minimum absolute atomic E-state index is 0.332. The van der Waals surface area contributed by atoms with Crippen molar-refractivity contribution in [2.45, 2.75) is 18.8 Å². The van der Waals surface area contributed by atoms with Gasteiger partial charge in [0, 0.05) is 5.92 Å². The zero-order chi connectivity index (χ0) is 25.0. The number of ether oxygens (including phenoxy) is 2. The van der Waals surface area contributed by atoms with Gasteiger partial charge in [-0.05, 0) is 30.2 Å². The predicted molar refractivity (Wildman–Crippen MR) is 119 cm³/mol. The van der Waals surface area contributed by atoms with Gasteiger partial charge in [0.05, 0.1) is 49.5 Å². The van der Waals surface area contributed by atoms with Crippen LogP contribution in [0.25, 0.3) is 0 Å². The lowest BCUT2D eigenvalue weighted by molar-refractivity contribution is -0.147. The van der Waals surface area contributed by atoms with Crippen molar-refractivity contribution >= 4 is 11.9 Å². The van der Waals surface area contributed by atoms with Crippen LogP contribution in [0, 0.1) is 52.2 Å². The van der Waals surface area contributed by atoms with E-state index in [0.717, 1.165) is 19.8 Å². The van der Waals surface area contributed by atoms with E-state index in [1.54, 1.807) is 24.3 Å². The molecule has 2 aromatic carbocycles. The number of hydrogen-bond acceptors (Lipinski definition) is 8. The molecule has 1 N–H and O–H groups in total. The Labute approximate surface area is 196 Å². The van der Waals surface area contributed by atoms with Crippen molar-refractivity contribution in [3.63, 3.8) is 0 Å². The fourth-order valence-corrected chi connectivity index (χ4v) is 4.55. The molecule has 0 saturated carbocycles.